The van der Waals surface area contributed by atoms with Gasteiger partial charge in [0.15, 0.2) is 0 Å². The fraction of sp³-hybridized carbons (Fsp3) is 0.211. The van der Waals surface area contributed by atoms with Crippen LogP contribution in [0.3, 0.4) is 0 Å². The molecule has 2 N–H and O–H groups in total. The van der Waals surface area contributed by atoms with E-state index in [2.05, 4.69) is 5.10 Å². The van der Waals surface area contributed by atoms with Crippen LogP contribution in [0.15, 0.2) is 59.4 Å². The third-order valence-electron chi connectivity index (χ3n) is 4.15. The number of aromatic nitrogens is 2. The molecule has 2 aromatic rings. The van der Waals surface area contributed by atoms with Crippen LogP contribution in [0.5, 0.6) is 0 Å². The predicted octanol–water partition coefficient (Wildman–Crippen LogP) is 2.66. The monoisotopic (exact) mass is 368 g/mol. The lowest BCUT2D eigenvalue weighted by atomic mass is 9.82. The van der Waals surface area contributed by atoms with Crippen LogP contribution in [0.25, 0.3) is 5.69 Å². The largest absolute Gasteiger partial charge is 0.463 e. The number of hydrogen-bond acceptors (Lipinski definition) is 6. The minimum absolute atomic E-state index is 0.00246. The normalized spacial score (nSPS) is 16.7. The van der Waals surface area contributed by atoms with Crippen molar-refractivity contribution < 1.29 is 18.7 Å². The van der Waals surface area contributed by atoms with Crippen molar-refractivity contribution in [2.24, 2.45) is 5.73 Å². The van der Waals surface area contributed by atoms with Crippen LogP contribution in [-0.4, -0.2) is 22.4 Å². The van der Waals surface area contributed by atoms with E-state index in [-0.39, 0.29) is 29.4 Å². The summed E-state index contributed by atoms with van der Waals surface area (Å²) in [5.41, 5.74) is 6.84. The number of halogens is 1. The molecule has 0 aliphatic carbocycles. The molecule has 1 aromatic heterocycles. The molecule has 8 heteroatoms. The SMILES string of the molecule is CCOC(=O)C1=C(C)OC(N)=C(C#N)C1c1cc(F)ccc1-n1cccn1. The fourth-order valence-corrected chi connectivity index (χ4v) is 3.04. The van der Waals surface area contributed by atoms with Gasteiger partial charge in [0.2, 0.25) is 5.88 Å². The van der Waals surface area contributed by atoms with E-state index in [0.29, 0.717) is 11.3 Å². The number of esters is 1. The fourth-order valence-electron chi connectivity index (χ4n) is 3.04. The third-order valence-corrected chi connectivity index (χ3v) is 4.15. The number of nitrogens with zero attached hydrogens (tertiary/aromatic N) is 3. The predicted molar refractivity (Wildman–Crippen MR) is 93.5 cm³/mol. The zero-order valence-electron chi connectivity index (χ0n) is 14.8. The minimum atomic E-state index is -0.947. The van der Waals surface area contributed by atoms with Crippen LogP contribution >= 0.6 is 0 Å². The number of nitrogens with two attached hydrogens (primary N) is 1. The van der Waals surface area contributed by atoms with Crippen LogP contribution in [0.1, 0.15) is 25.3 Å². The highest BCUT2D eigenvalue weighted by molar-refractivity contribution is 5.93. The molecule has 27 heavy (non-hydrogen) atoms. The molecule has 0 radical (unpaired) electrons. The number of rotatable bonds is 4. The summed E-state index contributed by atoms with van der Waals surface area (Å²) in [6.07, 6.45) is 3.25. The summed E-state index contributed by atoms with van der Waals surface area (Å²) in [7, 11) is 0. The molecule has 0 saturated heterocycles. The molecule has 7 nitrogen and oxygen atoms in total. The average molecular weight is 368 g/mol. The summed E-state index contributed by atoms with van der Waals surface area (Å²) >= 11 is 0. The Balaban J connectivity index is 2.28. The summed E-state index contributed by atoms with van der Waals surface area (Å²) in [5.74, 6) is -2.06. The van der Waals surface area contributed by atoms with Crippen molar-refractivity contribution in [3.63, 3.8) is 0 Å². The Morgan fingerprint density at radius 1 is 1.52 bits per heavy atom. The van der Waals surface area contributed by atoms with E-state index >= 15 is 0 Å². The second-order valence-electron chi connectivity index (χ2n) is 5.77. The van der Waals surface area contributed by atoms with Crippen molar-refractivity contribution in [1.29, 1.82) is 5.26 Å². The molecule has 0 fully saturated rings. The van der Waals surface area contributed by atoms with E-state index in [1.807, 2.05) is 6.07 Å². The quantitative estimate of drug-likeness (QED) is 0.832. The topological polar surface area (TPSA) is 103 Å². The first-order chi connectivity index (χ1) is 13.0. The Bertz CT molecular complexity index is 987. The summed E-state index contributed by atoms with van der Waals surface area (Å²) < 4.78 is 26.1. The van der Waals surface area contributed by atoms with E-state index in [9.17, 15) is 14.4 Å². The lowest BCUT2D eigenvalue weighted by molar-refractivity contribution is -0.139. The highest BCUT2D eigenvalue weighted by Gasteiger charge is 2.38. The molecular weight excluding hydrogens is 351 g/mol. The molecule has 0 saturated carbocycles. The Labute approximate surface area is 155 Å². The van der Waals surface area contributed by atoms with Crippen LogP contribution in [0.4, 0.5) is 4.39 Å². The van der Waals surface area contributed by atoms with Crippen molar-refractivity contribution in [2.45, 2.75) is 19.8 Å². The summed E-state index contributed by atoms with van der Waals surface area (Å²) in [4.78, 5) is 12.6. The van der Waals surface area contributed by atoms with Gasteiger partial charge in [-0.1, -0.05) is 0 Å². The van der Waals surface area contributed by atoms with Crippen molar-refractivity contribution in [2.75, 3.05) is 6.61 Å². The van der Waals surface area contributed by atoms with Gasteiger partial charge in [0.25, 0.3) is 0 Å². The second-order valence-corrected chi connectivity index (χ2v) is 5.77. The third kappa shape index (κ3) is 3.27. The smallest absolute Gasteiger partial charge is 0.338 e. The van der Waals surface area contributed by atoms with Crippen LogP contribution < -0.4 is 5.73 Å². The van der Waals surface area contributed by atoms with Gasteiger partial charge in [-0.2, -0.15) is 10.4 Å². The maximum Gasteiger partial charge on any atom is 0.338 e. The highest BCUT2D eigenvalue weighted by atomic mass is 19.1. The Morgan fingerprint density at radius 2 is 2.30 bits per heavy atom. The van der Waals surface area contributed by atoms with Crippen LogP contribution in [-0.2, 0) is 14.3 Å². The molecule has 2 heterocycles. The zero-order chi connectivity index (χ0) is 19.6. The van der Waals surface area contributed by atoms with Crippen LogP contribution in [0.2, 0.25) is 0 Å². The van der Waals surface area contributed by atoms with Crippen LogP contribution in [0, 0.1) is 17.1 Å². The Hall–Kier alpha value is -3.60. The molecule has 1 aromatic carbocycles. The maximum atomic E-state index is 14.1. The van der Waals surface area contributed by atoms with Gasteiger partial charge < -0.3 is 15.2 Å². The summed E-state index contributed by atoms with van der Waals surface area (Å²) in [6.45, 7) is 3.35. The summed E-state index contributed by atoms with van der Waals surface area (Å²) in [5, 5.41) is 13.8. The lowest BCUT2D eigenvalue weighted by Gasteiger charge is -2.28. The number of carbonyl (C=O) groups excluding carboxylic acids is 1. The molecule has 138 valence electrons. The molecular formula is C19H17FN4O3. The number of nitriles is 1. The first-order valence-electron chi connectivity index (χ1n) is 8.22. The van der Waals surface area contributed by atoms with E-state index in [1.165, 1.54) is 22.9 Å². The van der Waals surface area contributed by atoms with Gasteiger partial charge in [-0.15, -0.1) is 0 Å². The van der Waals surface area contributed by atoms with E-state index in [1.54, 1.807) is 32.3 Å². The molecule has 1 unspecified atom stereocenters. The number of benzene rings is 1. The second kappa shape index (κ2) is 7.33. The standard InChI is InChI=1S/C19H17FN4O3/c1-3-26-19(25)16-11(2)27-18(22)14(10-21)17(16)13-9-12(20)5-6-15(13)24-8-4-7-23-24/h4-9,17H,3,22H2,1-2H3. The zero-order valence-corrected chi connectivity index (χ0v) is 14.8. The van der Waals surface area contributed by atoms with Crippen molar-refractivity contribution >= 4 is 5.97 Å². The molecule has 0 spiro atoms. The molecule has 0 amide bonds. The van der Waals surface area contributed by atoms with E-state index in [0.717, 1.165) is 0 Å². The van der Waals surface area contributed by atoms with Crippen molar-refractivity contribution in [3.05, 3.63) is 70.8 Å². The minimum Gasteiger partial charge on any atom is -0.463 e. The van der Waals surface area contributed by atoms with E-state index < -0.39 is 17.7 Å². The van der Waals surface area contributed by atoms with Gasteiger partial charge in [-0.25, -0.2) is 13.9 Å². The molecule has 1 aliphatic rings. The first kappa shape index (κ1) is 18.2. The first-order valence-corrected chi connectivity index (χ1v) is 8.22. The number of carbonyl (C=O) groups is 1. The average Bonchev–Trinajstić information content (AvgIpc) is 3.15. The van der Waals surface area contributed by atoms with Crippen molar-refractivity contribution in [3.8, 4) is 11.8 Å². The number of ether oxygens (including phenoxy) is 2. The Morgan fingerprint density at radius 3 is 2.93 bits per heavy atom. The highest BCUT2D eigenvalue weighted by Crippen LogP contribution is 2.41. The lowest BCUT2D eigenvalue weighted by Crippen LogP contribution is -2.26. The van der Waals surface area contributed by atoms with Crippen molar-refractivity contribution in [1.82, 2.24) is 9.78 Å². The number of hydrogen-bond donors (Lipinski definition) is 1. The number of allylic oxidation sites excluding steroid dienone is 2. The van der Waals surface area contributed by atoms with Gasteiger partial charge in [0.1, 0.15) is 23.2 Å². The summed E-state index contributed by atoms with van der Waals surface area (Å²) in [6, 6.07) is 7.74. The van der Waals surface area contributed by atoms with Gasteiger partial charge in [-0.05, 0) is 43.7 Å². The molecule has 1 aliphatic heterocycles. The van der Waals surface area contributed by atoms with E-state index in [4.69, 9.17) is 15.2 Å². The van der Waals surface area contributed by atoms with Gasteiger partial charge in [-0.3, -0.25) is 0 Å². The Kier molecular flexibility index (Phi) is 4.94. The van der Waals surface area contributed by atoms with Gasteiger partial charge >= 0.3 is 5.97 Å². The maximum absolute atomic E-state index is 14.1. The molecule has 3 rings (SSSR count). The van der Waals surface area contributed by atoms with Gasteiger partial charge in [0, 0.05) is 12.4 Å². The van der Waals surface area contributed by atoms with Gasteiger partial charge in [0.05, 0.1) is 23.8 Å². The molecule has 0 bridgehead atoms. The molecule has 1 atom stereocenters.